The first kappa shape index (κ1) is 20.6. The highest BCUT2D eigenvalue weighted by Gasteiger charge is 2.20. The zero-order valence-corrected chi connectivity index (χ0v) is 18.7. The molecule has 0 radical (unpaired) electrons. The van der Waals surface area contributed by atoms with E-state index in [-0.39, 0.29) is 6.23 Å². The SMILES string of the molecule is Clc1ccc(CC2CCN(c3ccc(-c4cnn(C5CCCCO5)c4)cc3)CC2)cc1. The van der Waals surface area contributed by atoms with E-state index >= 15 is 0 Å². The van der Waals surface area contributed by atoms with Gasteiger partial charge in [0.25, 0.3) is 0 Å². The minimum Gasteiger partial charge on any atom is -0.372 e. The molecule has 5 rings (SSSR count). The molecule has 162 valence electrons. The summed E-state index contributed by atoms with van der Waals surface area (Å²) in [4.78, 5) is 2.52. The topological polar surface area (TPSA) is 30.3 Å². The summed E-state index contributed by atoms with van der Waals surface area (Å²) in [6, 6.07) is 17.3. The minimum absolute atomic E-state index is 0.0935. The average molecular weight is 436 g/mol. The molecule has 3 heterocycles. The summed E-state index contributed by atoms with van der Waals surface area (Å²) in [5.41, 5.74) is 5.08. The van der Waals surface area contributed by atoms with Crippen molar-refractivity contribution in [3.05, 3.63) is 71.5 Å². The summed E-state index contributed by atoms with van der Waals surface area (Å²) in [5.74, 6) is 0.754. The Hall–Kier alpha value is -2.30. The standard InChI is InChI=1S/C26H30ClN3O/c27-24-8-4-20(5-9-24)17-21-12-14-29(15-13-21)25-10-6-22(7-11-25)23-18-28-30(19-23)26-3-1-2-16-31-26/h4-11,18-19,21,26H,1-3,12-17H2. The zero-order chi connectivity index (χ0) is 21.0. The summed E-state index contributed by atoms with van der Waals surface area (Å²) < 4.78 is 7.83. The molecule has 0 N–H and O–H groups in total. The molecule has 3 aromatic rings. The normalized spacial score (nSPS) is 20.2. The van der Waals surface area contributed by atoms with Crippen molar-refractivity contribution < 1.29 is 4.74 Å². The van der Waals surface area contributed by atoms with Crippen molar-refractivity contribution in [2.45, 2.75) is 44.8 Å². The smallest absolute Gasteiger partial charge is 0.150 e. The molecule has 2 saturated heterocycles. The van der Waals surface area contributed by atoms with Crippen molar-refractivity contribution in [1.29, 1.82) is 0 Å². The van der Waals surface area contributed by atoms with Crippen molar-refractivity contribution in [3.63, 3.8) is 0 Å². The van der Waals surface area contributed by atoms with E-state index in [0.717, 1.165) is 55.5 Å². The van der Waals surface area contributed by atoms with Crippen LogP contribution in [0.1, 0.15) is 43.9 Å². The third-order valence-electron chi connectivity index (χ3n) is 6.67. The molecule has 0 aliphatic carbocycles. The molecule has 2 fully saturated rings. The van der Waals surface area contributed by atoms with Crippen LogP contribution in [0.25, 0.3) is 11.1 Å². The van der Waals surface area contributed by atoms with Crippen molar-refractivity contribution in [2.75, 3.05) is 24.6 Å². The Morgan fingerprint density at radius 2 is 1.68 bits per heavy atom. The Bertz CT molecular complexity index is 969. The quantitative estimate of drug-likeness (QED) is 0.467. The van der Waals surface area contributed by atoms with Crippen LogP contribution in [0.3, 0.4) is 0 Å². The highest BCUT2D eigenvalue weighted by molar-refractivity contribution is 6.30. The molecule has 1 atom stereocenters. The largest absolute Gasteiger partial charge is 0.372 e. The Balaban J connectivity index is 1.17. The maximum absolute atomic E-state index is 6.01. The number of ether oxygens (including phenoxy) is 1. The number of nitrogens with zero attached hydrogens (tertiary/aromatic N) is 3. The van der Waals surface area contributed by atoms with Gasteiger partial charge in [-0.25, -0.2) is 4.68 Å². The van der Waals surface area contributed by atoms with Gasteiger partial charge >= 0.3 is 0 Å². The molecule has 0 saturated carbocycles. The zero-order valence-electron chi connectivity index (χ0n) is 17.9. The summed E-state index contributed by atoms with van der Waals surface area (Å²) in [6.45, 7) is 3.08. The molecular formula is C26H30ClN3O. The Labute approximate surface area is 189 Å². The van der Waals surface area contributed by atoms with Crippen LogP contribution in [0.4, 0.5) is 5.69 Å². The Morgan fingerprint density at radius 1 is 0.903 bits per heavy atom. The van der Waals surface area contributed by atoms with Crippen LogP contribution in [0.15, 0.2) is 60.9 Å². The molecular weight excluding hydrogens is 406 g/mol. The van der Waals surface area contributed by atoms with Gasteiger partial charge in [0.15, 0.2) is 0 Å². The predicted molar refractivity (Wildman–Crippen MR) is 127 cm³/mol. The Morgan fingerprint density at radius 3 is 2.39 bits per heavy atom. The highest BCUT2D eigenvalue weighted by Crippen LogP contribution is 2.29. The number of benzene rings is 2. The van der Waals surface area contributed by atoms with Gasteiger partial charge in [0.1, 0.15) is 6.23 Å². The molecule has 2 aliphatic rings. The van der Waals surface area contributed by atoms with Crippen LogP contribution >= 0.6 is 11.6 Å². The molecule has 5 heteroatoms. The second kappa shape index (κ2) is 9.46. The average Bonchev–Trinajstić information content (AvgIpc) is 3.32. The fraction of sp³-hybridized carbons (Fsp3) is 0.423. The van der Waals surface area contributed by atoms with Gasteiger partial charge in [0.05, 0.1) is 6.20 Å². The van der Waals surface area contributed by atoms with E-state index in [4.69, 9.17) is 16.3 Å². The fourth-order valence-electron chi connectivity index (χ4n) is 4.79. The number of rotatable bonds is 5. The number of hydrogen-bond donors (Lipinski definition) is 0. The molecule has 0 bridgehead atoms. The summed E-state index contributed by atoms with van der Waals surface area (Å²) in [6.07, 6.45) is 11.2. The van der Waals surface area contributed by atoms with Crippen LogP contribution in [0, 0.1) is 5.92 Å². The third-order valence-corrected chi connectivity index (χ3v) is 6.92. The molecule has 4 nitrogen and oxygen atoms in total. The summed E-state index contributed by atoms with van der Waals surface area (Å²) >= 11 is 6.01. The lowest BCUT2D eigenvalue weighted by molar-refractivity contribution is -0.0394. The van der Waals surface area contributed by atoms with E-state index < -0.39 is 0 Å². The summed E-state index contributed by atoms with van der Waals surface area (Å²) in [5, 5.41) is 5.37. The van der Waals surface area contributed by atoms with Gasteiger partial charge in [-0.2, -0.15) is 5.10 Å². The van der Waals surface area contributed by atoms with Gasteiger partial charge in [-0.05, 0) is 79.8 Å². The second-order valence-electron chi connectivity index (χ2n) is 8.84. The van der Waals surface area contributed by atoms with Crippen LogP contribution in [0.5, 0.6) is 0 Å². The molecule has 0 spiro atoms. The highest BCUT2D eigenvalue weighted by atomic mass is 35.5. The first-order valence-electron chi connectivity index (χ1n) is 11.5. The van der Waals surface area contributed by atoms with E-state index in [1.54, 1.807) is 0 Å². The second-order valence-corrected chi connectivity index (χ2v) is 9.27. The molecule has 1 unspecified atom stereocenters. The molecule has 2 aliphatic heterocycles. The van der Waals surface area contributed by atoms with Crippen molar-refractivity contribution in [3.8, 4) is 11.1 Å². The monoisotopic (exact) mass is 435 g/mol. The Kier molecular flexibility index (Phi) is 6.28. The van der Waals surface area contributed by atoms with Crippen LogP contribution in [0.2, 0.25) is 5.02 Å². The molecule has 0 amide bonds. The lowest BCUT2D eigenvalue weighted by atomic mass is 9.90. The van der Waals surface area contributed by atoms with Gasteiger partial charge in [-0.3, -0.25) is 0 Å². The van der Waals surface area contributed by atoms with Crippen molar-refractivity contribution in [1.82, 2.24) is 9.78 Å². The number of hydrogen-bond acceptors (Lipinski definition) is 3. The minimum atomic E-state index is 0.0935. The number of anilines is 1. The lowest BCUT2D eigenvalue weighted by Gasteiger charge is -2.33. The third kappa shape index (κ3) is 4.97. The van der Waals surface area contributed by atoms with Crippen LogP contribution in [-0.4, -0.2) is 29.5 Å². The number of aromatic nitrogens is 2. The number of piperidine rings is 1. The maximum atomic E-state index is 6.01. The molecule has 31 heavy (non-hydrogen) atoms. The van der Waals surface area contributed by atoms with Gasteiger partial charge in [0, 0.05) is 42.2 Å². The van der Waals surface area contributed by atoms with E-state index in [1.807, 2.05) is 23.0 Å². The van der Waals surface area contributed by atoms with Crippen LogP contribution < -0.4 is 4.90 Å². The van der Waals surface area contributed by atoms with E-state index in [0.29, 0.717) is 0 Å². The number of halogens is 1. The van der Waals surface area contributed by atoms with Gasteiger partial charge in [0.2, 0.25) is 0 Å². The predicted octanol–water partition coefficient (Wildman–Crippen LogP) is 6.36. The first-order valence-corrected chi connectivity index (χ1v) is 11.9. The molecule has 2 aromatic carbocycles. The van der Waals surface area contributed by atoms with Gasteiger partial charge in [-0.1, -0.05) is 35.9 Å². The maximum Gasteiger partial charge on any atom is 0.150 e. The first-order chi connectivity index (χ1) is 15.2. The molecule has 1 aromatic heterocycles. The fourth-order valence-corrected chi connectivity index (χ4v) is 4.92. The lowest BCUT2D eigenvalue weighted by Crippen LogP contribution is -2.34. The summed E-state index contributed by atoms with van der Waals surface area (Å²) in [7, 11) is 0. The van der Waals surface area contributed by atoms with Crippen molar-refractivity contribution >= 4 is 17.3 Å². The van der Waals surface area contributed by atoms with Gasteiger partial charge in [-0.15, -0.1) is 0 Å². The van der Waals surface area contributed by atoms with E-state index in [1.165, 1.54) is 36.1 Å². The van der Waals surface area contributed by atoms with Gasteiger partial charge < -0.3 is 9.64 Å². The van der Waals surface area contributed by atoms with E-state index in [9.17, 15) is 0 Å². The van der Waals surface area contributed by atoms with E-state index in [2.05, 4.69) is 52.6 Å². The van der Waals surface area contributed by atoms with Crippen molar-refractivity contribution in [2.24, 2.45) is 5.92 Å². The van der Waals surface area contributed by atoms with Crippen LogP contribution in [-0.2, 0) is 11.2 Å².